The second-order valence-corrected chi connectivity index (χ2v) is 5.89. The highest BCUT2D eigenvalue weighted by atomic mass is 79.9. The molecular weight excluding hydrogens is 298 g/mol. The second kappa shape index (κ2) is 5.33. The van der Waals surface area contributed by atoms with E-state index in [-0.39, 0.29) is 0 Å². The molecule has 0 unspecified atom stereocenters. The monoisotopic (exact) mass is 313 g/mol. The third-order valence-corrected chi connectivity index (χ3v) is 4.86. The predicted molar refractivity (Wildman–Crippen MR) is 75.2 cm³/mol. The molecule has 2 rings (SSSR count). The number of nitrogens with one attached hydrogen (secondary N) is 1. The summed E-state index contributed by atoms with van der Waals surface area (Å²) in [6.45, 7) is 5.91. The van der Waals surface area contributed by atoms with Gasteiger partial charge in [-0.1, -0.05) is 0 Å². The highest BCUT2D eigenvalue weighted by Crippen LogP contribution is 2.20. The van der Waals surface area contributed by atoms with Crippen molar-refractivity contribution < 1.29 is 0 Å². The molecule has 0 amide bonds. The minimum absolute atomic E-state index is 0.829. The third-order valence-electron chi connectivity index (χ3n) is 2.81. The first kappa shape index (κ1) is 12.8. The molecule has 0 aliphatic carbocycles. The molecule has 2 aromatic heterocycles. The predicted octanol–water partition coefficient (Wildman–Crippen LogP) is 3.15. The van der Waals surface area contributed by atoms with Gasteiger partial charge in [-0.05, 0) is 46.8 Å². The van der Waals surface area contributed by atoms with E-state index in [2.05, 4.69) is 44.7 Å². The fourth-order valence-corrected chi connectivity index (χ4v) is 3.10. The van der Waals surface area contributed by atoms with Crippen molar-refractivity contribution >= 4 is 27.3 Å². The molecule has 0 radical (unpaired) electrons. The largest absolute Gasteiger partial charge is 0.306 e. The molecule has 5 heteroatoms. The van der Waals surface area contributed by atoms with E-state index in [1.165, 1.54) is 16.1 Å². The van der Waals surface area contributed by atoms with Gasteiger partial charge in [-0.25, -0.2) is 0 Å². The maximum absolute atomic E-state index is 4.38. The third kappa shape index (κ3) is 2.78. The lowest BCUT2D eigenvalue weighted by Crippen LogP contribution is -2.15. The summed E-state index contributed by atoms with van der Waals surface area (Å²) in [5.41, 5.74) is 3.59. The van der Waals surface area contributed by atoms with Crippen LogP contribution in [0.2, 0.25) is 0 Å². The van der Waals surface area contributed by atoms with E-state index in [0.717, 1.165) is 23.3 Å². The minimum atomic E-state index is 0.829. The van der Waals surface area contributed by atoms with Crippen molar-refractivity contribution in [2.24, 2.45) is 7.05 Å². The fourth-order valence-electron chi connectivity index (χ4n) is 1.75. The molecule has 17 heavy (non-hydrogen) atoms. The molecule has 0 saturated carbocycles. The second-order valence-electron chi connectivity index (χ2n) is 4.10. The van der Waals surface area contributed by atoms with Crippen LogP contribution in [0.5, 0.6) is 0 Å². The molecule has 0 fully saturated rings. The van der Waals surface area contributed by atoms with Crippen molar-refractivity contribution in [3.05, 3.63) is 37.7 Å². The molecule has 92 valence electrons. The Hall–Kier alpha value is -0.650. The van der Waals surface area contributed by atoms with Crippen LogP contribution in [0, 0.1) is 13.8 Å². The molecular formula is C12H16BrN3S. The number of thiophene rings is 1. The van der Waals surface area contributed by atoms with Crippen LogP contribution >= 0.6 is 27.3 Å². The molecule has 0 aliphatic rings. The van der Waals surface area contributed by atoms with E-state index >= 15 is 0 Å². The number of hydrogen-bond donors (Lipinski definition) is 1. The van der Waals surface area contributed by atoms with Crippen LogP contribution in [0.1, 0.15) is 21.8 Å². The molecule has 2 heterocycles. The molecule has 0 spiro atoms. The lowest BCUT2D eigenvalue weighted by molar-refractivity contribution is 0.625. The SMILES string of the molecule is Cc1ccsc1CNCc1c(Br)c(C)nn1C. The normalized spacial score (nSPS) is 11.1. The quantitative estimate of drug-likeness (QED) is 0.939. The Labute approximate surface area is 114 Å². The summed E-state index contributed by atoms with van der Waals surface area (Å²) in [6.07, 6.45) is 0. The van der Waals surface area contributed by atoms with Crippen LogP contribution in [-0.2, 0) is 20.1 Å². The lowest BCUT2D eigenvalue weighted by atomic mass is 10.3. The number of halogens is 1. The van der Waals surface area contributed by atoms with Crippen LogP contribution in [-0.4, -0.2) is 9.78 Å². The van der Waals surface area contributed by atoms with Crippen molar-refractivity contribution in [3.8, 4) is 0 Å². The van der Waals surface area contributed by atoms with Gasteiger partial charge in [-0.15, -0.1) is 11.3 Å². The fraction of sp³-hybridized carbons (Fsp3) is 0.417. The van der Waals surface area contributed by atoms with Crippen molar-refractivity contribution in [2.75, 3.05) is 0 Å². The van der Waals surface area contributed by atoms with E-state index in [0.29, 0.717) is 0 Å². The van der Waals surface area contributed by atoms with Gasteiger partial charge in [0.15, 0.2) is 0 Å². The van der Waals surface area contributed by atoms with Crippen molar-refractivity contribution in [2.45, 2.75) is 26.9 Å². The highest BCUT2D eigenvalue weighted by Gasteiger charge is 2.10. The molecule has 1 N–H and O–H groups in total. The summed E-state index contributed by atoms with van der Waals surface area (Å²) < 4.78 is 3.03. The Bertz CT molecular complexity index is 516. The Kier molecular flexibility index (Phi) is 4.01. The summed E-state index contributed by atoms with van der Waals surface area (Å²) in [4.78, 5) is 1.40. The molecule has 0 saturated heterocycles. The van der Waals surface area contributed by atoms with Crippen LogP contribution in [0.3, 0.4) is 0 Å². The number of hydrogen-bond acceptors (Lipinski definition) is 3. The Balaban J connectivity index is 1.97. The van der Waals surface area contributed by atoms with E-state index in [9.17, 15) is 0 Å². The molecule has 3 nitrogen and oxygen atoms in total. The summed E-state index contributed by atoms with van der Waals surface area (Å²) >= 11 is 5.38. The first-order valence-electron chi connectivity index (χ1n) is 5.51. The first-order valence-corrected chi connectivity index (χ1v) is 7.18. The average Bonchev–Trinajstić information content (AvgIpc) is 2.78. The number of nitrogens with zero attached hydrogens (tertiary/aromatic N) is 2. The van der Waals surface area contributed by atoms with Gasteiger partial charge in [0.25, 0.3) is 0 Å². The zero-order valence-corrected chi connectivity index (χ0v) is 12.7. The zero-order chi connectivity index (χ0) is 12.4. The van der Waals surface area contributed by atoms with E-state index in [1.807, 2.05) is 18.7 Å². The summed E-state index contributed by atoms with van der Waals surface area (Å²) in [7, 11) is 1.98. The topological polar surface area (TPSA) is 29.9 Å². The van der Waals surface area contributed by atoms with Gasteiger partial charge in [0.05, 0.1) is 15.9 Å². The van der Waals surface area contributed by atoms with Gasteiger partial charge < -0.3 is 5.32 Å². The van der Waals surface area contributed by atoms with Crippen LogP contribution < -0.4 is 5.32 Å². The molecule has 0 bridgehead atoms. The zero-order valence-electron chi connectivity index (χ0n) is 10.2. The molecule has 0 aliphatic heterocycles. The van der Waals surface area contributed by atoms with Gasteiger partial charge in [-0.2, -0.15) is 5.10 Å². The summed E-state index contributed by atoms with van der Waals surface area (Å²) in [5.74, 6) is 0. The van der Waals surface area contributed by atoms with Crippen LogP contribution in [0.15, 0.2) is 15.9 Å². The van der Waals surface area contributed by atoms with E-state index in [1.54, 1.807) is 11.3 Å². The number of aromatic nitrogens is 2. The van der Waals surface area contributed by atoms with E-state index < -0.39 is 0 Å². The van der Waals surface area contributed by atoms with Crippen molar-refractivity contribution in [1.29, 1.82) is 0 Å². The maximum atomic E-state index is 4.38. The molecule has 0 aromatic carbocycles. The minimum Gasteiger partial charge on any atom is -0.306 e. The maximum Gasteiger partial charge on any atom is 0.0739 e. The Morgan fingerprint density at radius 1 is 1.41 bits per heavy atom. The van der Waals surface area contributed by atoms with Gasteiger partial charge in [0.2, 0.25) is 0 Å². The van der Waals surface area contributed by atoms with Crippen molar-refractivity contribution in [3.63, 3.8) is 0 Å². The standard InChI is InChI=1S/C12H16BrN3S/c1-8-4-5-17-11(8)7-14-6-10-12(13)9(2)15-16(10)3/h4-5,14H,6-7H2,1-3H3. The first-order chi connectivity index (χ1) is 8.09. The summed E-state index contributed by atoms with van der Waals surface area (Å²) in [5, 5.41) is 9.97. The summed E-state index contributed by atoms with van der Waals surface area (Å²) in [6, 6.07) is 2.16. The van der Waals surface area contributed by atoms with Crippen molar-refractivity contribution in [1.82, 2.24) is 15.1 Å². The average molecular weight is 314 g/mol. The Morgan fingerprint density at radius 2 is 2.18 bits per heavy atom. The smallest absolute Gasteiger partial charge is 0.0739 e. The van der Waals surface area contributed by atoms with Gasteiger partial charge in [0.1, 0.15) is 0 Å². The number of aryl methyl sites for hydroxylation is 3. The van der Waals surface area contributed by atoms with Crippen LogP contribution in [0.25, 0.3) is 0 Å². The van der Waals surface area contributed by atoms with Crippen LogP contribution in [0.4, 0.5) is 0 Å². The lowest BCUT2D eigenvalue weighted by Gasteiger charge is -2.05. The van der Waals surface area contributed by atoms with Gasteiger partial charge >= 0.3 is 0 Å². The Morgan fingerprint density at radius 3 is 2.71 bits per heavy atom. The highest BCUT2D eigenvalue weighted by molar-refractivity contribution is 9.10. The van der Waals surface area contributed by atoms with Gasteiger partial charge in [-0.3, -0.25) is 4.68 Å². The molecule has 2 aromatic rings. The van der Waals surface area contributed by atoms with Gasteiger partial charge in [0, 0.05) is 25.0 Å². The van der Waals surface area contributed by atoms with E-state index in [4.69, 9.17) is 0 Å². The number of rotatable bonds is 4. The molecule has 0 atom stereocenters.